The van der Waals surface area contributed by atoms with Crippen LogP contribution < -0.4 is 25.8 Å². The molecule has 0 spiro atoms. The number of nitrogens with zero attached hydrogens (tertiary/aromatic N) is 3. The first-order valence-corrected chi connectivity index (χ1v) is 11.6. The Bertz CT molecular complexity index is 1400. The molecule has 1 saturated heterocycles. The third-order valence-corrected chi connectivity index (χ3v) is 5.97. The molecule has 4 aromatic rings. The van der Waals surface area contributed by atoms with Gasteiger partial charge in [0.05, 0.1) is 31.4 Å². The number of rotatable bonds is 7. The van der Waals surface area contributed by atoms with E-state index in [2.05, 4.69) is 25.6 Å². The van der Waals surface area contributed by atoms with Gasteiger partial charge in [-0.05, 0) is 35.9 Å². The van der Waals surface area contributed by atoms with E-state index in [0.29, 0.717) is 53.5 Å². The Kier molecular flexibility index (Phi) is 6.54. The fraction of sp³-hybridized carbons (Fsp3) is 0.280. The number of benzene rings is 1. The van der Waals surface area contributed by atoms with E-state index < -0.39 is 0 Å². The summed E-state index contributed by atoms with van der Waals surface area (Å²) in [5.74, 6) is 1.45. The van der Waals surface area contributed by atoms with Gasteiger partial charge in [0.2, 0.25) is 11.8 Å². The maximum Gasteiger partial charge on any atom is 0.251 e. The molecule has 1 aromatic carbocycles. The lowest BCUT2D eigenvalue weighted by Crippen LogP contribution is -2.26. The summed E-state index contributed by atoms with van der Waals surface area (Å²) in [6.07, 6.45) is 5.02. The summed E-state index contributed by atoms with van der Waals surface area (Å²) in [6.45, 7) is 1.28. The number of methoxy groups -OCH3 is 1. The molecule has 11 nitrogen and oxygen atoms in total. The molecular weight excluding hydrogens is 462 g/mol. The molecule has 5 rings (SSSR count). The van der Waals surface area contributed by atoms with Crippen molar-refractivity contribution in [2.24, 2.45) is 0 Å². The maximum atomic E-state index is 12.0. The van der Waals surface area contributed by atoms with Crippen LogP contribution in [0.25, 0.3) is 22.2 Å². The first kappa shape index (κ1) is 23.4. The van der Waals surface area contributed by atoms with Crippen molar-refractivity contribution in [3.8, 4) is 22.8 Å². The van der Waals surface area contributed by atoms with Crippen molar-refractivity contribution >= 4 is 34.4 Å². The van der Waals surface area contributed by atoms with Crippen molar-refractivity contribution in [1.29, 1.82) is 0 Å². The molecular formula is C25H27N7O4. The Hall–Kier alpha value is -4.38. The maximum absolute atomic E-state index is 12.0. The van der Waals surface area contributed by atoms with Crippen LogP contribution in [-0.2, 0) is 4.74 Å². The monoisotopic (exact) mass is 489 g/mol. The lowest BCUT2D eigenvalue weighted by molar-refractivity contribution is 0.0244. The second kappa shape index (κ2) is 10.1. The van der Waals surface area contributed by atoms with Gasteiger partial charge in [-0.1, -0.05) is 0 Å². The first-order chi connectivity index (χ1) is 17.6. The van der Waals surface area contributed by atoms with Crippen molar-refractivity contribution in [3.63, 3.8) is 0 Å². The van der Waals surface area contributed by atoms with Gasteiger partial charge in [0.1, 0.15) is 23.3 Å². The van der Waals surface area contributed by atoms with E-state index in [-0.39, 0.29) is 12.0 Å². The minimum atomic E-state index is -0.208. The van der Waals surface area contributed by atoms with Crippen LogP contribution in [0, 0.1) is 0 Å². The average Bonchev–Trinajstić information content (AvgIpc) is 3.33. The van der Waals surface area contributed by atoms with E-state index in [0.717, 1.165) is 29.4 Å². The van der Waals surface area contributed by atoms with Crippen LogP contribution in [0.15, 0.2) is 42.7 Å². The molecule has 4 heterocycles. The summed E-state index contributed by atoms with van der Waals surface area (Å²) < 4.78 is 17.4. The Balaban J connectivity index is 1.56. The highest BCUT2D eigenvalue weighted by atomic mass is 16.5. The Morgan fingerprint density at radius 1 is 1.19 bits per heavy atom. The summed E-state index contributed by atoms with van der Waals surface area (Å²) >= 11 is 0. The summed E-state index contributed by atoms with van der Waals surface area (Å²) in [5.41, 5.74) is 9.35. The molecule has 186 valence electrons. The number of pyridine rings is 1. The highest BCUT2D eigenvalue weighted by Gasteiger charge is 2.22. The second-order valence-electron chi connectivity index (χ2n) is 8.30. The fourth-order valence-electron chi connectivity index (χ4n) is 4.14. The highest BCUT2D eigenvalue weighted by Crippen LogP contribution is 2.37. The minimum Gasteiger partial charge on any atom is -0.495 e. The molecule has 0 aliphatic carbocycles. The molecule has 0 saturated carbocycles. The number of hydrogen-bond donors (Lipinski definition) is 4. The average molecular weight is 490 g/mol. The van der Waals surface area contributed by atoms with Gasteiger partial charge in [0, 0.05) is 43.4 Å². The van der Waals surface area contributed by atoms with E-state index in [1.165, 1.54) is 7.11 Å². The Labute approximate surface area is 207 Å². The van der Waals surface area contributed by atoms with Gasteiger partial charge in [0.25, 0.3) is 5.91 Å². The molecule has 11 heteroatoms. The SMILES string of the molecule is CNC(=O)c1ccc(Nc2nc(OC3CCOCC3)c3c(-c4ccnc(N)c4)c[nH]c3n2)c(OC)c1. The Morgan fingerprint density at radius 2 is 2.03 bits per heavy atom. The summed E-state index contributed by atoms with van der Waals surface area (Å²) in [5, 5.41) is 6.56. The fourth-order valence-corrected chi connectivity index (χ4v) is 4.14. The predicted octanol–water partition coefficient (Wildman–Crippen LogP) is 3.27. The number of carbonyl (C=O) groups excluding carboxylic acids is 1. The molecule has 5 N–H and O–H groups in total. The van der Waals surface area contributed by atoms with Gasteiger partial charge in [-0.2, -0.15) is 9.97 Å². The molecule has 0 bridgehead atoms. The number of nitrogen functional groups attached to an aromatic ring is 1. The number of H-pyrrole nitrogens is 1. The molecule has 1 fully saturated rings. The van der Waals surface area contributed by atoms with E-state index in [1.807, 2.05) is 12.3 Å². The zero-order valence-electron chi connectivity index (χ0n) is 20.0. The van der Waals surface area contributed by atoms with Crippen LogP contribution in [0.3, 0.4) is 0 Å². The van der Waals surface area contributed by atoms with Crippen molar-refractivity contribution in [3.05, 3.63) is 48.3 Å². The minimum absolute atomic E-state index is 0.0312. The normalized spacial score (nSPS) is 13.9. The number of aromatic nitrogens is 4. The molecule has 3 aromatic heterocycles. The van der Waals surface area contributed by atoms with Gasteiger partial charge in [-0.3, -0.25) is 4.79 Å². The standard InChI is InChI=1S/C25H27N7O4/c1-27-23(33)15-3-4-18(19(11-15)34-2)30-25-31-22-21(24(32-25)36-16-6-9-35-10-7-16)17(13-29-22)14-5-8-28-20(26)12-14/h3-5,8,11-13,16H,6-7,9-10H2,1-2H3,(H2,26,28)(H,27,33)(H2,29,30,31,32). The number of fused-ring (bicyclic) bond motifs is 1. The third-order valence-electron chi connectivity index (χ3n) is 5.97. The Morgan fingerprint density at radius 3 is 2.78 bits per heavy atom. The number of anilines is 3. The van der Waals surface area contributed by atoms with Crippen molar-refractivity contribution in [2.45, 2.75) is 18.9 Å². The van der Waals surface area contributed by atoms with Crippen molar-refractivity contribution < 1.29 is 19.0 Å². The molecule has 0 atom stereocenters. The van der Waals surface area contributed by atoms with Crippen LogP contribution >= 0.6 is 0 Å². The van der Waals surface area contributed by atoms with Crippen LogP contribution in [0.4, 0.5) is 17.5 Å². The number of ether oxygens (including phenoxy) is 3. The topological polar surface area (TPSA) is 149 Å². The first-order valence-electron chi connectivity index (χ1n) is 11.6. The van der Waals surface area contributed by atoms with Gasteiger partial charge >= 0.3 is 0 Å². The smallest absolute Gasteiger partial charge is 0.251 e. The van der Waals surface area contributed by atoms with Gasteiger partial charge in [-0.25, -0.2) is 4.98 Å². The number of nitrogens with one attached hydrogen (secondary N) is 3. The molecule has 0 unspecified atom stereocenters. The number of carbonyl (C=O) groups is 1. The molecule has 1 aliphatic heterocycles. The summed E-state index contributed by atoms with van der Waals surface area (Å²) in [6, 6.07) is 8.77. The van der Waals surface area contributed by atoms with Crippen LogP contribution in [0.1, 0.15) is 23.2 Å². The summed E-state index contributed by atoms with van der Waals surface area (Å²) in [4.78, 5) is 28.7. The van der Waals surface area contributed by atoms with Crippen LogP contribution in [0.2, 0.25) is 0 Å². The molecule has 1 amide bonds. The zero-order valence-corrected chi connectivity index (χ0v) is 20.0. The lowest BCUT2D eigenvalue weighted by Gasteiger charge is -2.23. The van der Waals surface area contributed by atoms with E-state index >= 15 is 0 Å². The zero-order chi connectivity index (χ0) is 25.1. The van der Waals surface area contributed by atoms with Crippen molar-refractivity contribution in [2.75, 3.05) is 38.4 Å². The van der Waals surface area contributed by atoms with Crippen LogP contribution in [-0.4, -0.2) is 59.3 Å². The molecule has 1 aliphatic rings. The number of amides is 1. The predicted molar refractivity (Wildman–Crippen MR) is 136 cm³/mol. The quantitative estimate of drug-likeness (QED) is 0.307. The lowest BCUT2D eigenvalue weighted by atomic mass is 10.1. The van der Waals surface area contributed by atoms with Gasteiger partial charge in [0.15, 0.2) is 0 Å². The number of nitrogens with two attached hydrogens (primary N) is 1. The molecule has 36 heavy (non-hydrogen) atoms. The largest absolute Gasteiger partial charge is 0.495 e. The van der Waals surface area contributed by atoms with E-state index in [9.17, 15) is 4.79 Å². The van der Waals surface area contributed by atoms with E-state index in [4.69, 9.17) is 24.9 Å². The summed E-state index contributed by atoms with van der Waals surface area (Å²) in [7, 11) is 3.12. The van der Waals surface area contributed by atoms with Gasteiger partial charge < -0.3 is 35.6 Å². The number of aromatic amines is 1. The number of hydrogen-bond acceptors (Lipinski definition) is 9. The third kappa shape index (κ3) is 4.73. The van der Waals surface area contributed by atoms with Crippen LogP contribution in [0.5, 0.6) is 11.6 Å². The van der Waals surface area contributed by atoms with Gasteiger partial charge in [-0.15, -0.1) is 0 Å². The van der Waals surface area contributed by atoms with E-state index in [1.54, 1.807) is 37.5 Å². The molecule has 0 radical (unpaired) electrons. The second-order valence-corrected chi connectivity index (χ2v) is 8.30. The highest BCUT2D eigenvalue weighted by molar-refractivity contribution is 5.98. The van der Waals surface area contributed by atoms with Crippen molar-refractivity contribution in [1.82, 2.24) is 25.3 Å².